The molecule has 0 heteroatoms. The molecule has 0 spiro atoms. The highest BCUT2D eigenvalue weighted by Gasteiger charge is 2.19. The average Bonchev–Trinajstić information content (AvgIpc) is 2.25. The maximum Gasteiger partial charge on any atom is -0.0162 e. The summed E-state index contributed by atoms with van der Waals surface area (Å²) in [6.07, 6.45) is 8.79. The second kappa shape index (κ2) is 5.89. The molecule has 1 saturated carbocycles. The van der Waals surface area contributed by atoms with Gasteiger partial charge >= 0.3 is 0 Å². The number of hydrogen-bond donors (Lipinski definition) is 0. The van der Waals surface area contributed by atoms with E-state index in [0.717, 1.165) is 11.1 Å². The summed E-state index contributed by atoms with van der Waals surface area (Å²) in [4.78, 5) is 0. The largest absolute Gasteiger partial charge is 0.0961 e. The van der Waals surface area contributed by atoms with Crippen LogP contribution in [0.5, 0.6) is 0 Å². The Morgan fingerprint density at radius 1 is 1.00 bits per heavy atom. The first kappa shape index (κ1) is 13.0. The highest BCUT2D eigenvalue weighted by Crippen LogP contribution is 2.34. The Morgan fingerprint density at radius 2 is 1.56 bits per heavy atom. The molecule has 16 heavy (non-hydrogen) atoms. The Labute approximate surface area is 100 Å². The average molecular weight is 216 g/mol. The first-order chi connectivity index (χ1) is 7.52. The zero-order chi connectivity index (χ0) is 12.1. The van der Waals surface area contributed by atoms with Gasteiger partial charge in [-0.25, -0.2) is 0 Å². The lowest BCUT2D eigenvalue weighted by Crippen LogP contribution is -2.10. The Morgan fingerprint density at radius 3 is 2.00 bits per heavy atom. The summed E-state index contributed by atoms with van der Waals surface area (Å²) in [5, 5.41) is 0. The third-order valence-electron chi connectivity index (χ3n) is 3.29. The predicted molar refractivity (Wildman–Crippen MR) is 73.4 cm³/mol. The van der Waals surface area contributed by atoms with E-state index in [1.807, 2.05) is 6.92 Å². The summed E-state index contributed by atoms with van der Waals surface area (Å²) in [7, 11) is 0. The molecule has 0 aromatic rings. The van der Waals surface area contributed by atoms with Crippen LogP contribution < -0.4 is 0 Å². The third kappa shape index (κ3) is 3.52. The van der Waals surface area contributed by atoms with E-state index in [4.69, 9.17) is 0 Å². The zero-order valence-electron chi connectivity index (χ0n) is 10.8. The van der Waals surface area contributed by atoms with Crippen molar-refractivity contribution in [2.45, 2.75) is 46.0 Å². The van der Waals surface area contributed by atoms with E-state index in [2.05, 4.69) is 32.7 Å². The molecule has 1 aliphatic carbocycles. The standard InChI is InChI=1S/C16H24/c1-12(2)11-16(13(3)4)14(5)15-9-7-6-8-10-15/h11,15H,1,3,5-10H2,2,4H3/b16-11-. The molecule has 0 saturated heterocycles. The van der Waals surface area contributed by atoms with Crippen molar-refractivity contribution in [3.05, 3.63) is 48.1 Å². The third-order valence-corrected chi connectivity index (χ3v) is 3.29. The predicted octanol–water partition coefficient (Wildman–Crippen LogP) is 5.20. The van der Waals surface area contributed by atoms with Gasteiger partial charge in [-0.2, -0.15) is 0 Å². The van der Waals surface area contributed by atoms with Gasteiger partial charge in [-0.05, 0) is 43.8 Å². The van der Waals surface area contributed by atoms with Gasteiger partial charge in [0.25, 0.3) is 0 Å². The van der Waals surface area contributed by atoms with Crippen molar-refractivity contribution in [1.82, 2.24) is 0 Å². The van der Waals surface area contributed by atoms with E-state index in [9.17, 15) is 0 Å². The van der Waals surface area contributed by atoms with Crippen LogP contribution >= 0.6 is 0 Å². The van der Waals surface area contributed by atoms with Crippen molar-refractivity contribution < 1.29 is 0 Å². The molecular weight excluding hydrogens is 192 g/mol. The Bertz CT molecular complexity index is 322. The molecule has 0 atom stereocenters. The highest BCUT2D eigenvalue weighted by molar-refractivity contribution is 5.47. The quantitative estimate of drug-likeness (QED) is 0.566. The summed E-state index contributed by atoms with van der Waals surface area (Å²) < 4.78 is 0. The second-order valence-electron chi connectivity index (χ2n) is 5.04. The highest BCUT2D eigenvalue weighted by atomic mass is 14.2. The van der Waals surface area contributed by atoms with Crippen LogP contribution in [0, 0.1) is 5.92 Å². The van der Waals surface area contributed by atoms with Gasteiger partial charge in [0, 0.05) is 0 Å². The van der Waals surface area contributed by atoms with E-state index in [1.54, 1.807) is 0 Å². The zero-order valence-corrected chi connectivity index (χ0v) is 10.8. The first-order valence-corrected chi connectivity index (χ1v) is 6.24. The van der Waals surface area contributed by atoms with Crippen molar-refractivity contribution in [1.29, 1.82) is 0 Å². The minimum absolute atomic E-state index is 0.663. The van der Waals surface area contributed by atoms with Crippen molar-refractivity contribution in [2.24, 2.45) is 5.92 Å². The molecule has 1 aliphatic rings. The number of hydrogen-bond acceptors (Lipinski definition) is 0. The minimum Gasteiger partial charge on any atom is -0.0961 e. The van der Waals surface area contributed by atoms with Crippen molar-refractivity contribution in [3.8, 4) is 0 Å². The topological polar surface area (TPSA) is 0 Å². The lowest BCUT2D eigenvalue weighted by molar-refractivity contribution is 0.407. The Balaban J connectivity index is 2.82. The molecular formula is C16H24. The monoisotopic (exact) mass is 216 g/mol. The fourth-order valence-corrected chi connectivity index (χ4v) is 2.41. The molecule has 0 aromatic carbocycles. The van der Waals surface area contributed by atoms with Crippen LogP contribution in [-0.4, -0.2) is 0 Å². The molecule has 0 heterocycles. The summed E-state index contributed by atoms with van der Waals surface area (Å²) in [6.45, 7) is 16.4. The van der Waals surface area contributed by atoms with E-state index in [1.165, 1.54) is 43.3 Å². The lowest BCUT2D eigenvalue weighted by atomic mass is 9.80. The number of allylic oxidation sites excluding steroid dienone is 5. The summed E-state index contributed by atoms with van der Waals surface area (Å²) >= 11 is 0. The van der Waals surface area contributed by atoms with Crippen LogP contribution in [0.25, 0.3) is 0 Å². The van der Waals surface area contributed by atoms with Gasteiger partial charge in [0.1, 0.15) is 0 Å². The van der Waals surface area contributed by atoms with Crippen molar-refractivity contribution in [3.63, 3.8) is 0 Å². The van der Waals surface area contributed by atoms with Gasteiger partial charge in [0.15, 0.2) is 0 Å². The van der Waals surface area contributed by atoms with E-state index < -0.39 is 0 Å². The maximum absolute atomic E-state index is 4.28. The fraction of sp³-hybridized carbons (Fsp3) is 0.500. The molecule has 1 fully saturated rings. The smallest absolute Gasteiger partial charge is 0.0162 e. The molecule has 0 aromatic heterocycles. The van der Waals surface area contributed by atoms with E-state index >= 15 is 0 Å². The van der Waals surface area contributed by atoms with Gasteiger partial charge in [-0.1, -0.05) is 56.2 Å². The van der Waals surface area contributed by atoms with Gasteiger partial charge < -0.3 is 0 Å². The van der Waals surface area contributed by atoms with Crippen molar-refractivity contribution >= 4 is 0 Å². The van der Waals surface area contributed by atoms with Crippen LogP contribution in [0.4, 0.5) is 0 Å². The van der Waals surface area contributed by atoms with Gasteiger partial charge in [0.05, 0.1) is 0 Å². The van der Waals surface area contributed by atoms with Crippen LogP contribution in [0.2, 0.25) is 0 Å². The van der Waals surface area contributed by atoms with Gasteiger partial charge in [0.2, 0.25) is 0 Å². The summed E-state index contributed by atoms with van der Waals surface area (Å²) in [6, 6.07) is 0. The Hall–Kier alpha value is -1.04. The fourth-order valence-electron chi connectivity index (χ4n) is 2.41. The molecule has 0 bridgehead atoms. The maximum atomic E-state index is 4.28. The van der Waals surface area contributed by atoms with Crippen molar-refractivity contribution in [2.75, 3.05) is 0 Å². The molecule has 0 unspecified atom stereocenters. The van der Waals surface area contributed by atoms with E-state index in [0.29, 0.717) is 5.92 Å². The van der Waals surface area contributed by atoms with Crippen LogP contribution in [0.3, 0.4) is 0 Å². The summed E-state index contributed by atoms with van der Waals surface area (Å²) in [5.74, 6) is 0.663. The van der Waals surface area contributed by atoms with Crippen LogP contribution in [-0.2, 0) is 0 Å². The number of rotatable bonds is 4. The van der Waals surface area contributed by atoms with Gasteiger partial charge in [-0.15, -0.1) is 0 Å². The molecule has 0 N–H and O–H groups in total. The first-order valence-electron chi connectivity index (χ1n) is 6.24. The van der Waals surface area contributed by atoms with Gasteiger partial charge in [-0.3, -0.25) is 0 Å². The normalized spacial score (nSPS) is 18.2. The molecule has 1 rings (SSSR count). The Kier molecular flexibility index (Phi) is 4.79. The molecule has 0 amide bonds. The van der Waals surface area contributed by atoms with E-state index in [-0.39, 0.29) is 0 Å². The second-order valence-corrected chi connectivity index (χ2v) is 5.04. The van der Waals surface area contributed by atoms with Crippen LogP contribution in [0.15, 0.2) is 48.1 Å². The lowest BCUT2D eigenvalue weighted by Gasteiger charge is -2.25. The molecule has 0 nitrogen and oxygen atoms in total. The minimum atomic E-state index is 0.663. The van der Waals surface area contributed by atoms with Crippen LogP contribution in [0.1, 0.15) is 46.0 Å². The SMILES string of the molecule is C=C(C)/C=C(/C(=C)C)C(=C)C1CCCCC1. The summed E-state index contributed by atoms with van der Waals surface area (Å²) in [5.41, 5.74) is 4.68. The molecule has 0 radical (unpaired) electrons. The molecule has 88 valence electrons. The molecule has 0 aliphatic heterocycles.